The van der Waals surface area contributed by atoms with Gasteiger partial charge in [-0.1, -0.05) is 35.5 Å². The lowest BCUT2D eigenvalue weighted by molar-refractivity contribution is 0.252. The molecule has 0 unspecified atom stereocenters. The van der Waals surface area contributed by atoms with Gasteiger partial charge in [0.05, 0.1) is 6.21 Å². The zero-order valence-corrected chi connectivity index (χ0v) is 14.1. The van der Waals surface area contributed by atoms with Gasteiger partial charge >= 0.3 is 0 Å². The Morgan fingerprint density at radius 3 is 2.39 bits per heavy atom. The zero-order chi connectivity index (χ0) is 16.7. The van der Waals surface area contributed by atoms with Gasteiger partial charge in [-0.15, -0.1) is 0 Å². The van der Waals surface area contributed by atoms with E-state index in [1.54, 1.807) is 42.6 Å². The van der Waals surface area contributed by atoms with Crippen LogP contribution in [0.25, 0.3) is 0 Å². The SMILES string of the molecule is FC(F)Sc1ccc(NC(=S)N/N=C\c2ccc(Cl)cc2)cc1. The minimum Gasteiger partial charge on any atom is -0.331 e. The van der Waals surface area contributed by atoms with E-state index in [0.29, 0.717) is 32.5 Å². The molecule has 0 saturated carbocycles. The number of hydrogen-bond acceptors (Lipinski definition) is 3. The van der Waals surface area contributed by atoms with Gasteiger partial charge in [0.2, 0.25) is 0 Å². The van der Waals surface area contributed by atoms with Crippen LogP contribution in [0.2, 0.25) is 5.02 Å². The molecule has 0 fully saturated rings. The van der Waals surface area contributed by atoms with Crippen LogP contribution < -0.4 is 10.7 Å². The summed E-state index contributed by atoms with van der Waals surface area (Å²) in [5.41, 5.74) is 4.23. The normalized spacial score (nSPS) is 11.0. The summed E-state index contributed by atoms with van der Waals surface area (Å²) in [7, 11) is 0. The highest BCUT2D eigenvalue weighted by molar-refractivity contribution is 7.99. The van der Waals surface area contributed by atoms with E-state index in [2.05, 4.69) is 15.8 Å². The van der Waals surface area contributed by atoms with Crippen molar-refractivity contribution < 1.29 is 8.78 Å². The number of anilines is 1. The predicted octanol–water partition coefficient (Wildman–Crippen LogP) is 4.98. The monoisotopic (exact) mass is 371 g/mol. The van der Waals surface area contributed by atoms with Crippen LogP contribution in [0.4, 0.5) is 14.5 Å². The number of thioether (sulfide) groups is 1. The van der Waals surface area contributed by atoms with Gasteiger partial charge in [-0.25, -0.2) is 0 Å². The second-order valence-corrected chi connectivity index (χ2v) is 6.19. The Kier molecular flexibility index (Phi) is 6.76. The Hall–Kier alpha value is -1.70. The van der Waals surface area contributed by atoms with Crippen LogP contribution in [0.1, 0.15) is 5.56 Å². The summed E-state index contributed by atoms with van der Waals surface area (Å²) >= 11 is 11.4. The maximum Gasteiger partial charge on any atom is 0.288 e. The third-order valence-corrected chi connectivity index (χ3v) is 3.75. The van der Waals surface area contributed by atoms with Crippen LogP contribution >= 0.6 is 35.6 Å². The first kappa shape index (κ1) is 17.7. The molecular weight excluding hydrogens is 360 g/mol. The van der Waals surface area contributed by atoms with Gasteiger partial charge in [0, 0.05) is 15.6 Å². The summed E-state index contributed by atoms with van der Waals surface area (Å²) in [4.78, 5) is 0.491. The van der Waals surface area contributed by atoms with Gasteiger partial charge in [0.15, 0.2) is 5.11 Å². The summed E-state index contributed by atoms with van der Waals surface area (Å²) in [5.74, 6) is -2.43. The van der Waals surface area contributed by atoms with Crippen LogP contribution in [-0.4, -0.2) is 17.1 Å². The second-order valence-electron chi connectivity index (χ2n) is 4.28. The maximum atomic E-state index is 12.2. The fourth-order valence-corrected chi connectivity index (χ4v) is 2.39. The zero-order valence-electron chi connectivity index (χ0n) is 11.7. The second kappa shape index (κ2) is 8.81. The number of benzene rings is 2. The molecule has 0 aliphatic heterocycles. The van der Waals surface area contributed by atoms with Crippen molar-refractivity contribution in [2.75, 3.05) is 5.32 Å². The fraction of sp³-hybridized carbons (Fsp3) is 0.0667. The Labute approximate surface area is 147 Å². The lowest BCUT2D eigenvalue weighted by Crippen LogP contribution is -2.23. The molecule has 8 heteroatoms. The Bertz CT molecular complexity index is 676. The molecule has 0 heterocycles. The average molecular weight is 372 g/mol. The Morgan fingerprint density at radius 2 is 1.78 bits per heavy atom. The molecule has 0 bridgehead atoms. The van der Waals surface area contributed by atoms with E-state index in [4.69, 9.17) is 23.8 Å². The average Bonchev–Trinajstić information content (AvgIpc) is 2.51. The minimum atomic E-state index is -2.43. The number of alkyl halides is 2. The van der Waals surface area contributed by atoms with E-state index in [1.807, 2.05) is 12.1 Å². The lowest BCUT2D eigenvalue weighted by Gasteiger charge is -2.07. The predicted molar refractivity (Wildman–Crippen MR) is 96.7 cm³/mol. The van der Waals surface area contributed by atoms with Crippen LogP contribution in [-0.2, 0) is 0 Å². The molecule has 2 aromatic carbocycles. The molecule has 0 radical (unpaired) electrons. The number of rotatable bonds is 5. The van der Waals surface area contributed by atoms with E-state index in [0.717, 1.165) is 5.56 Å². The van der Waals surface area contributed by atoms with Crippen molar-refractivity contribution in [3.63, 3.8) is 0 Å². The molecule has 0 saturated heterocycles. The first-order valence-corrected chi connectivity index (χ1v) is 8.10. The summed E-state index contributed by atoms with van der Waals surface area (Å²) in [5, 5.41) is 7.86. The minimum absolute atomic E-state index is 0.296. The number of hydrazone groups is 1. The smallest absolute Gasteiger partial charge is 0.288 e. The quantitative estimate of drug-likeness (QED) is 0.336. The lowest BCUT2D eigenvalue weighted by atomic mass is 10.2. The Balaban J connectivity index is 1.83. The van der Waals surface area contributed by atoms with Crippen molar-refractivity contribution in [1.82, 2.24) is 5.43 Å². The molecule has 2 N–H and O–H groups in total. The standard InChI is InChI=1S/C15H12ClF2N3S2/c16-11-3-1-10(2-4-11)9-19-21-15(22)20-12-5-7-13(8-6-12)23-14(17)18/h1-9,14H,(H2,20,21,22)/b19-9-. The molecule has 2 rings (SSSR count). The fourth-order valence-electron chi connectivity index (χ4n) is 1.59. The first-order valence-electron chi connectivity index (χ1n) is 6.43. The topological polar surface area (TPSA) is 36.4 Å². The molecular formula is C15H12ClF2N3S2. The van der Waals surface area contributed by atoms with Gasteiger partial charge in [-0.2, -0.15) is 13.9 Å². The van der Waals surface area contributed by atoms with Crippen molar-refractivity contribution in [2.45, 2.75) is 10.7 Å². The van der Waals surface area contributed by atoms with Crippen molar-refractivity contribution >= 4 is 52.6 Å². The highest BCUT2D eigenvalue weighted by Crippen LogP contribution is 2.26. The van der Waals surface area contributed by atoms with Crippen LogP contribution in [0.5, 0.6) is 0 Å². The molecule has 0 atom stereocenters. The first-order chi connectivity index (χ1) is 11.0. The highest BCUT2D eigenvalue weighted by atomic mass is 35.5. The Morgan fingerprint density at radius 1 is 1.13 bits per heavy atom. The van der Waals surface area contributed by atoms with Crippen LogP contribution in [0.15, 0.2) is 58.5 Å². The van der Waals surface area contributed by atoms with Crippen LogP contribution in [0.3, 0.4) is 0 Å². The molecule has 2 aromatic rings. The molecule has 3 nitrogen and oxygen atoms in total. The van der Waals surface area contributed by atoms with Crippen molar-refractivity contribution in [2.24, 2.45) is 5.10 Å². The summed E-state index contributed by atoms with van der Waals surface area (Å²) in [6.07, 6.45) is 1.60. The van der Waals surface area contributed by atoms with Gasteiger partial charge < -0.3 is 5.32 Å². The molecule has 0 aliphatic rings. The number of halogens is 3. The van der Waals surface area contributed by atoms with Gasteiger partial charge in [-0.05, 0) is 54.2 Å². The molecule has 0 spiro atoms. The maximum absolute atomic E-state index is 12.2. The molecule has 0 amide bonds. The van der Waals surface area contributed by atoms with E-state index < -0.39 is 5.76 Å². The summed E-state index contributed by atoms with van der Waals surface area (Å²) in [6, 6.07) is 13.7. The van der Waals surface area contributed by atoms with Gasteiger partial charge in [0.25, 0.3) is 5.76 Å². The molecule has 120 valence electrons. The third kappa shape index (κ3) is 6.52. The summed E-state index contributed by atoms with van der Waals surface area (Å²) in [6.45, 7) is 0. The van der Waals surface area contributed by atoms with E-state index >= 15 is 0 Å². The number of nitrogens with one attached hydrogen (secondary N) is 2. The van der Waals surface area contributed by atoms with Crippen molar-refractivity contribution in [1.29, 1.82) is 0 Å². The van der Waals surface area contributed by atoms with Gasteiger partial charge in [-0.3, -0.25) is 5.43 Å². The third-order valence-electron chi connectivity index (χ3n) is 2.59. The number of nitrogens with zero attached hydrogens (tertiary/aromatic N) is 1. The highest BCUT2D eigenvalue weighted by Gasteiger charge is 2.05. The van der Waals surface area contributed by atoms with E-state index in [9.17, 15) is 8.78 Å². The van der Waals surface area contributed by atoms with Crippen LogP contribution in [0, 0.1) is 0 Å². The summed E-state index contributed by atoms with van der Waals surface area (Å²) < 4.78 is 24.5. The molecule has 0 aliphatic carbocycles. The van der Waals surface area contributed by atoms with E-state index in [-0.39, 0.29) is 0 Å². The molecule has 0 aromatic heterocycles. The van der Waals surface area contributed by atoms with E-state index in [1.165, 1.54) is 0 Å². The molecule has 23 heavy (non-hydrogen) atoms. The largest absolute Gasteiger partial charge is 0.331 e. The van der Waals surface area contributed by atoms with Crippen molar-refractivity contribution in [3.8, 4) is 0 Å². The van der Waals surface area contributed by atoms with Gasteiger partial charge in [0.1, 0.15) is 0 Å². The number of thiocarbonyl (C=S) groups is 1. The van der Waals surface area contributed by atoms with Crippen molar-refractivity contribution in [3.05, 3.63) is 59.1 Å². The number of hydrogen-bond donors (Lipinski definition) is 2.